The third-order valence-corrected chi connectivity index (χ3v) is 3.28. The summed E-state index contributed by atoms with van der Waals surface area (Å²) in [5.41, 5.74) is 3.78. The van der Waals surface area contributed by atoms with Gasteiger partial charge in [0.2, 0.25) is 0 Å². The predicted octanol–water partition coefficient (Wildman–Crippen LogP) is 3.44. The van der Waals surface area contributed by atoms with Crippen LogP contribution in [0.15, 0.2) is 41.3 Å². The minimum absolute atomic E-state index is 1.08. The molecule has 2 rings (SSSR count). The molecule has 0 saturated carbocycles. The number of rotatable bonds is 1. The molecule has 1 aromatic carbocycles. The highest BCUT2D eigenvalue weighted by atomic mass is 32.2. The highest BCUT2D eigenvalue weighted by Gasteiger charge is 2.16. The van der Waals surface area contributed by atoms with E-state index in [1.54, 1.807) is 11.8 Å². The molecular weight excluding hydrogens is 190 g/mol. The van der Waals surface area contributed by atoms with Crippen molar-refractivity contribution in [2.24, 2.45) is 0 Å². The molecule has 0 aromatic heterocycles. The minimum atomic E-state index is 1.08. The Morgan fingerprint density at radius 1 is 1.21 bits per heavy atom. The number of hydrogen-bond acceptors (Lipinski definition) is 2. The van der Waals surface area contributed by atoms with Gasteiger partial charge in [-0.05, 0) is 12.5 Å². The van der Waals surface area contributed by atoms with Gasteiger partial charge >= 0.3 is 0 Å². The first-order chi connectivity index (χ1) is 6.68. The molecule has 0 aliphatic carbocycles. The van der Waals surface area contributed by atoms with Gasteiger partial charge in [-0.3, -0.25) is 0 Å². The molecule has 14 heavy (non-hydrogen) atoms. The molecule has 0 spiro atoms. The quantitative estimate of drug-likeness (QED) is 0.688. The maximum atomic E-state index is 3.97. The van der Waals surface area contributed by atoms with Gasteiger partial charge in [0.05, 0.1) is 10.7 Å². The Labute approximate surface area is 89.1 Å². The normalized spacial score (nSPS) is 16.0. The lowest BCUT2D eigenvalue weighted by Gasteiger charge is -2.16. The topological polar surface area (TPSA) is 3.24 Å². The minimum Gasteiger partial charge on any atom is -0.339 e. The molecule has 0 radical (unpaired) electrons. The smallest absolute Gasteiger partial charge is 0.0719 e. The number of hydrogen-bond donors (Lipinski definition) is 0. The third kappa shape index (κ3) is 1.58. The Kier molecular flexibility index (Phi) is 2.38. The molecule has 2 heteroatoms. The molecule has 0 saturated heterocycles. The Morgan fingerprint density at radius 3 is 2.36 bits per heavy atom. The van der Waals surface area contributed by atoms with Crippen LogP contribution in [-0.4, -0.2) is 11.9 Å². The molecule has 1 aromatic rings. The largest absolute Gasteiger partial charge is 0.339 e. The lowest BCUT2D eigenvalue weighted by Crippen LogP contribution is -2.08. The van der Waals surface area contributed by atoms with E-state index in [4.69, 9.17) is 0 Å². The first kappa shape index (κ1) is 9.41. The molecule has 0 unspecified atom stereocenters. The second-order valence-electron chi connectivity index (χ2n) is 3.44. The second kappa shape index (κ2) is 3.54. The average Bonchev–Trinajstić information content (AvgIpc) is 2.50. The second-order valence-corrected chi connectivity index (χ2v) is 4.38. The van der Waals surface area contributed by atoms with E-state index < -0.39 is 0 Å². The summed E-state index contributed by atoms with van der Waals surface area (Å²) in [6.07, 6.45) is 0. The van der Waals surface area contributed by atoms with Gasteiger partial charge in [-0.15, -0.1) is 0 Å². The van der Waals surface area contributed by atoms with Crippen molar-refractivity contribution in [1.82, 2.24) is 4.90 Å². The zero-order valence-corrected chi connectivity index (χ0v) is 9.27. The highest BCUT2D eigenvalue weighted by molar-refractivity contribution is 8.06. The van der Waals surface area contributed by atoms with Crippen molar-refractivity contribution >= 4 is 17.5 Å². The van der Waals surface area contributed by atoms with Gasteiger partial charge in [0.1, 0.15) is 0 Å². The van der Waals surface area contributed by atoms with E-state index in [9.17, 15) is 0 Å². The van der Waals surface area contributed by atoms with Gasteiger partial charge in [0, 0.05) is 12.5 Å². The number of benzene rings is 1. The molecule has 0 amide bonds. The summed E-state index contributed by atoms with van der Waals surface area (Å²) < 4.78 is 0. The molecule has 1 nitrogen and oxygen atoms in total. The lowest BCUT2D eigenvalue weighted by molar-refractivity contribution is 0.650. The van der Waals surface area contributed by atoms with Crippen molar-refractivity contribution < 1.29 is 0 Å². The van der Waals surface area contributed by atoms with E-state index in [2.05, 4.69) is 48.1 Å². The van der Waals surface area contributed by atoms with E-state index in [0.29, 0.717) is 0 Å². The number of nitrogens with zero attached hydrogens (tertiary/aromatic N) is 1. The lowest BCUT2D eigenvalue weighted by atomic mass is 10.1. The Hall–Kier alpha value is -1.15. The van der Waals surface area contributed by atoms with Gasteiger partial charge in [-0.25, -0.2) is 0 Å². The molecule has 0 atom stereocenters. The summed E-state index contributed by atoms with van der Waals surface area (Å²) in [6, 6.07) is 8.57. The SMILES string of the molecule is C=C1SC=C(c2ccc(C)cc2)N1C. The van der Waals surface area contributed by atoms with Crippen molar-refractivity contribution in [1.29, 1.82) is 0 Å². The van der Waals surface area contributed by atoms with E-state index >= 15 is 0 Å². The predicted molar refractivity (Wildman–Crippen MR) is 63.7 cm³/mol. The van der Waals surface area contributed by atoms with E-state index in [0.717, 1.165) is 5.03 Å². The Bertz CT molecular complexity index is 389. The van der Waals surface area contributed by atoms with Crippen molar-refractivity contribution in [3.05, 3.63) is 52.4 Å². The molecule has 1 aliphatic heterocycles. The zero-order chi connectivity index (χ0) is 10.1. The van der Waals surface area contributed by atoms with Crippen LogP contribution in [0.4, 0.5) is 0 Å². The van der Waals surface area contributed by atoms with Gasteiger partial charge in [-0.1, -0.05) is 48.2 Å². The zero-order valence-electron chi connectivity index (χ0n) is 8.45. The molecule has 0 bridgehead atoms. The Balaban J connectivity index is 2.33. The fourth-order valence-electron chi connectivity index (χ4n) is 1.40. The summed E-state index contributed by atoms with van der Waals surface area (Å²) >= 11 is 1.68. The van der Waals surface area contributed by atoms with Crippen LogP contribution < -0.4 is 0 Å². The van der Waals surface area contributed by atoms with Crippen LogP contribution >= 0.6 is 11.8 Å². The van der Waals surface area contributed by atoms with Crippen LogP contribution in [0, 0.1) is 6.92 Å². The van der Waals surface area contributed by atoms with Gasteiger partial charge < -0.3 is 4.90 Å². The fourth-order valence-corrected chi connectivity index (χ4v) is 2.20. The van der Waals surface area contributed by atoms with E-state index in [1.165, 1.54) is 16.8 Å². The summed E-state index contributed by atoms with van der Waals surface area (Å²) in [6.45, 7) is 6.07. The first-order valence-corrected chi connectivity index (χ1v) is 5.43. The molecule has 0 fully saturated rings. The Morgan fingerprint density at radius 2 is 1.86 bits per heavy atom. The standard InChI is InChI=1S/C12H13NS/c1-9-4-6-11(7-5-9)12-8-14-10(2)13(12)3/h4-8H,2H2,1,3H3. The third-order valence-electron chi connectivity index (χ3n) is 2.39. The van der Waals surface area contributed by atoms with Gasteiger partial charge in [0.15, 0.2) is 0 Å². The first-order valence-electron chi connectivity index (χ1n) is 4.55. The average molecular weight is 203 g/mol. The summed E-state index contributed by atoms with van der Waals surface area (Å²) in [7, 11) is 2.05. The number of aryl methyl sites for hydroxylation is 1. The molecule has 72 valence electrons. The van der Waals surface area contributed by atoms with Crippen LogP contribution in [-0.2, 0) is 0 Å². The van der Waals surface area contributed by atoms with Crippen LogP contribution in [0.5, 0.6) is 0 Å². The summed E-state index contributed by atoms with van der Waals surface area (Å²) in [4.78, 5) is 2.12. The van der Waals surface area contributed by atoms with Gasteiger partial charge in [0.25, 0.3) is 0 Å². The number of thioether (sulfide) groups is 1. The van der Waals surface area contributed by atoms with Crippen LogP contribution in [0.2, 0.25) is 0 Å². The van der Waals surface area contributed by atoms with Crippen molar-refractivity contribution in [2.75, 3.05) is 7.05 Å². The maximum Gasteiger partial charge on any atom is 0.0719 e. The van der Waals surface area contributed by atoms with Crippen LogP contribution in [0.3, 0.4) is 0 Å². The van der Waals surface area contributed by atoms with Crippen LogP contribution in [0.25, 0.3) is 5.70 Å². The van der Waals surface area contributed by atoms with E-state index in [-0.39, 0.29) is 0 Å². The van der Waals surface area contributed by atoms with Gasteiger partial charge in [-0.2, -0.15) is 0 Å². The van der Waals surface area contributed by atoms with E-state index in [1.807, 2.05) is 7.05 Å². The summed E-state index contributed by atoms with van der Waals surface area (Å²) in [5, 5.41) is 3.23. The fraction of sp³-hybridized carbons (Fsp3) is 0.167. The van der Waals surface area contributed by atoms with Crippen molar-refractivity contribution in [3.8, 4) is 0 Å². The molecule has 1 heterocycles. The highest BCUT2D eigenvalue weighted by Crippen LogP contribution is 2.36. The van der Waals surface area contributed by atoms with Crippen molar-refractivity contribution in [3.63, 3.8) is 0 Å². The molecular formula is C12H13NS. The molecule has 0 N–H and O–H groups in total. The molecule has 1 aliphatic rings. The summed E-state index contributed by atoms with van der Waals surface area (Å²) in [5.74, 6) is 0. The maximum absolute atomic E-state index is 3.97. The van der Waals surface area contributed by atoms with Crippen LogP contribution in [0.1, 0.15) is 11.1 Å². The monoisotopic (exact) mass is 203 g/mol. The van der Waals surface area contributed by atoms with Crippen molar-refractivity contribution in [2.45, 2.75) is 6.92 Å².